The van der Waals surface area contributed by atoms with Crippen LogP contribution < -0.4 is 5.73 Å². The summed E-state index contributed by atoms with van der Waals surface area (Å²) in [5, 5.41) is 3.77. The van der Waals surface area contributed by atoms with E-state index in [1.165, 1.54) is 0 Å². The summed E-state index contributed by atoms with van der Waals surface area (Å²) in [5.41, 5.74) is 6.67. The zero-order chi connectivity index (χ0) is 10.1. The Kier molecular flexibility index (Phi) is 2.60. The quantitative estimate of drug-likeness (QED) is 0.913. The molecule has 2 aromatic rings. The Hall–Kier alpha value is -0.810. The third-order valence-electron chi connectivity index (χ3n) is 1.97. The predicted octanol–water partition coefficient (Wildman–Crippen LogP) is 3.31. The Labute approximate surface area is 94.0 Å². The van der Waals surface area contributed by atoms with E-state index in [1.54, 1.807) is 11.3 Å². The molecule has 0 aromatic carbocycles. The average Bonchev–Trinajstić information content (AvgIpc) is 2.71. The Balaban J connectivity index is 2.51. The summed E-state index contributed by atoms with van der Waals surface area (Å²) in [6.07, 6.45) is 0.834. The van der Waals surface area contributed by atoms with E-state index in [4.69, 9.17) is 10.3 Å². The molecule has 0 unspecified atom stereocenters. The average molecular weight is 273 g/mol. The molecule has 0 saturated heterocycles. The second-order valence-electron chi connectivity index (χ2n) is 2.83. The molecule has 14 heavy (non-hydrogen) atoms. The molecule has 0 aliphatic rings. The van der Waals surface area contributed by atoms with E-state index < -0.39 is 0 Å². The highest BCUT2D eigenvalue weighted by atomic mass is 79.9. The van der Waals surface area contributed by atoms with Crippen molar-refractivity contribution in [3.8, 4) is 10.6 Å². The number of rotatable bonds is 2. The van der Waals surface area contributed by atoms with Crippen LogP contribution in [-0.2, 0) is 6.42 Å². The molecule has 0 bridgehead atoms. The van der Waals surface area contributed by atoms with Crippen LogP contribution in [0.25, 0.3) is 10.6 Å². The van der Waals surface area contributed by atoms with Crippen LogP contribution in [0.1, 0.15) is 12.5 Å². The molecule has 2 aromatic heterocycles. The molecule has 0 aliphatic carbocycles. The maximum absolute atomic E-state index is 5.68. The van der Waals surface area contributed by atoms with Crippen molar-refractivity contribution in [3.05, 3.63) is 21.5 Å². The van der Waals surface area contributed by atoms with Crippen LogP contribution in [0.4, 0.5) is 5.82 Å². The molecule has 5 heteroatoms. The first-order valence-electron chi connectivity index (χ1n) is 4.22. The van der Waals surface area contributed by atoms with Gasteiger partial charge in [0.05, 0.1) is 8.66 Å². The fourth-order valence-electron chi connectivity index (χ4n) is 1.29. The number of thiophene rings is 1. The number of halogens is 1. The Morgan fingerprint density at radius 1 is 1.57 bits per heavy atom. The van der Waals surface area contributed by atoms with Crippen LogP contribution in [0.3, 0.4) is 0 Å². The van der Waals surface area contributed by atoms with Crippen LogP contribution in [0.5, 0.6) is 0 Å². The highest BCUT2D eigenvalue weighted by molar-refractivity contribution is 9.11. The molecule has 2 heterocycles. The van der Waals surface area contributed by atoms with E-state index in [0.717, 1.165) is 26.4 Å². The third kappa shape index (κ3) is 1.57. The summed E-state index contributed by atoms with van der Waals surface area (Å²) in [7, 11) is 0. The molecule has 3 nitrogen and oxygen atoms in total. The van der Waals surface area contributed by atoms with Crippen molar-refractivity contribution >= 4 is 33.1 Å². The van der Waals surface area contributed by atoms with Crippen LogP contribution in [0.2, 0.25) is 0 Å². The van der Waals surface area contributed by atoms with E-state index in [2.05, 4.69) is 21.1 Å². The van der Waals surface area contributed by atoms with Gasteiger partial charge in [-0.15, -0.1) is 11.3 Å². The number of aromatic nitrogens is 1. The third-order valence-corrected chi connectivity index (χ3v) is 3.59. The molecule has 0 radical (unpaired) electrons. The van der Waals surface area contributed by atoms with E-state index >= 15 is 0 Å². The van der Waals surface area contributed by atoms with Crippen molar-refractivity contribution in [2.24, 2.45) is 0 Å². The van der Waals surface area contributed by atoms with E-state index in [9.17, 15) is 0 Å². The van der Waals surface area contributed by atoms with Crippen LogP contribution >= 0.6 is 27.3 Å². The molecule has 2 rings (SSSR count). The van der Waals surface area contributed by atoms with E-state index in [0.29, 0.717) is 5.82 Å². The minimum atomic E-state index is 0.493. The summed E-state index contributed by atoms with van der Waals surface area (Å²) in [6, 6.07) is 3.98. The van der Waals surface area contributed by atoms with Gasteiger partial charge < -0.3 is 10.3 Å². The fourth-order valence-corrected chi connectivity index (χ4v) is 2.68. The first kappa shape index (κ1) is 9.73. The minimum Gasteiger partial charge on any atom is -0.381 e. The van der Waals surface area contributed by atoms with Crippen molar-refractivity contribution < 1.29 is 4.52 Å². The summed E-state index contributed by atoms with van der Waals surface area (Å²) < 4.78 is 6.27. The maximum atomic E-state index is 5.68. The van der Waals surface area contributed by atoms with Gasteiger partial charge in [-0.1, -0.05) is 12.1 Å². The summed E-state index contributed by atoms with van der Waals surface area (Å²) in [6.45, 7) is 2.04. The van der Waals surface area contributed by atoms with Gasteiger partial charge in [0, 0.05) is 5.56 Å². The summed E-state index contributed by atoms with van der Waals surface area (Å²) in [5.74, 6) is 1.28. The standard InChI is InChI=1S/C9H9BrN2OS/c1-2-5-8(13-12-9(5)11)6-3-4-7(10)14-6/h3-4H,2H2,1H3,(H2,11,12). The molecule has 74 valence electrons. The van der Waals surface area contributed by atoms with Gasteiger partial charge in [0.2, 0.25) is 0 Å². The van der Waals surface area contributed by atoms with Crippen molar-refractivity contribution in [1.82, 2.24) is 5.16 Å². The molecule has 0 spiro atoms. The number of hydrogen-bond acceptors (Lipinski definition) is 4. The second kappa shape index (κ2) is 3.74. The number of hydrogen-bond donors (Lipinski definition) is 1. The SMILES string of the molecule is CCc1c(N)noc1-c1ccc(Br)s1. The first-order chi connectivity index (χ1) is 6.72. The zero-order valence-corrected chi connectivity index (χ0v) is 9.98. The molecule has 0 saturated carbocycles. The lowest BCUT2D eigenvalue weighted by Gasteiger charge is -1.93. The highest BCUT2D eigenvalue weighted by Gasteiger charge is 2.15. The van der Waals surface area contributed by atoms with Gasteiger partial charge >= 0.3 is 0 Å². The Morgan fingerprint density at radius 3 is 2.93 bits per heavy atom. The lowest BCUT2D eigenvalue weighted by atomic mass is 10.2. The lowest BCUT2D eigenvalue weighted by molar-refractivity contribution is 0.436. The molecule has 0 fully saturated rings. The van der Waals surface area contributed by atoms with Crippen LogP contribution in [-0.4, -0.2) is 5.16 Å². The fraction of sp³-hybridized carbons (Fsp3) is 0.222. The normalized spacial score (nSPS) is 10.7. The van der Waals surface area contributed by atoms with Gasteiger partial charge in [0.25, 0.3) is 0 Å². The van der Waals surface area contributed by atoms with Crippen LogP contribution in [0.15, 0.2) is 20.4 Å². The zero-order valence-electron chi connectivity index (χ0n) is 7.58. The molecule has 0 atom stereocenters. The summed E-state index contributed by atoms with van der Waals surface area (Å²) in [4.78, 5) is 1.05. The van der Waals surface area contributed by atoms with Crippen LogP contribution in [0, 0.1) is 0 Å². The van der Waals surface area contributed by atoms with Gasteiger partial charge in [-0.3, -0.25) is 0 Å². The van der Waals surface area contributed by atoms with Gasteiger partial charge in [-0.05, 0) is 34.5 Å². The topological polar surface area (TPSA) is 52.0 Å². The maximum Gasteiger partial charge on any atom is 0.182 e. The molecule has 2 N–H and O–H groups in total. The smallest absolute Gasteiger partial charge is 0.182 e. The highest BCUT2D eigenvalue weighted by Crippen LogP contribution is 2.35. The largest absolute Gasteiger partial charge is 0.381 e. The molecular formula is C9H9BrN2OS. The Morgan fingerprint density at radius 2 is 2.36 bits per heavy atom. The Bertz CT molecular complexity index is 449. The summed E-state index contributed by atoms with van der Waals surface area (Å²) >= 11 is 5.02. The number of nitrogens with zero attached hydrogens (tertiary/aromatic N) is 1. The molecule has 0 amide bonds. The van der Waals surface area contributed by atoms with Gasteiger partial charge in [0.15, 0.2) is 11.6 Å². The second-order valence-corrected chi connectivity index (χ2v) is 5.30. The predicted molar refractivity (Wildman–Crippen MR) is 61.3 cm³/mol. The van der Waals surface area contributed by atoms with Crippen molar-refractivity contribution in [2.75, 3.05) is 5.73 Å². The number of anilines is 1. The van der Waals surface area contributed by atoms with Crippen molar-refractivity contribution in [1.29, 1.82) is 0 Å². The van der Waals surface area contributed by atoms with Crippen molar-refractivity contribution in [3.63, 3.8) is 0 Å². The number of nitrogen functional groups attached to an aromatic ring is 1. The molecule has 0 aliphatic heterocycles. The van der Waals surface area contributed by atoms with Gasteiger partial charge in [-0.2, -0.15) is 0 Å². The first-order valence-corrected chi connectivity index (χ1v) is 5.83. The minimum absolute atomic E-state index is 0.493. The molecular weight excluding hydrogens is 264 g/mol. The monoisotopic (exact) mass is 272 g/mol. The van der Waals surface area contributed by atoms with E-state index in [-0.39, 0.29) is 0 Å². The van der Waals surface area contributed by atoms with E-state index in [1.807, 2.05) is 19.1 Å². The van der Waals surface area contributed by atoms with Crippen molar-refractivity contribution in [2.45, 2.75) is 13.3 Å². The van der Waals surface area contributed by atoms with Gasteiger partial charge in [-0.25, -0.2) is 0 Å². The number of nitrogens with two attached hydrogens (primary N) is 1. The van der Waals surface area contributed by atoms with Gasteiger partial charge in [0.1, 0.15) is 0 Å². The lowest BCUT2D eigenvalue weighted by Crippen LogP contribution is -1.90.